The second kappa shape index (κ2) is 8.73. The summed E-state index contributed by atoms with van der Waals surface area (Å²) in [6, 6.07) is 9.58. The van der Waals surface area contributed by atoms with Crippen molar-refractivity contribution in [3.8, 4) is 0 Å². The van der Waals surface area contributed by atoms with Crippen LogP contribution in [-0.4, -0.2) is 42.9 Å². The number of nitrogens with one attached hydrogen (secondary N) is 2. The minimum Gasteiger partial charge on any atom is -0.341 e. The molecule has 1 aliphatic rings. The van der Waals surface area contributed by atoms with Crippen molar-refractivity contribution in [2.24, 2.45) is 0 Å². The third-order valence-corrected chi connectivity index (χ3v) is 4.42. The largest absolute Gasteiger partial charge is 0.341 e. The van der Waals surface area contributed by atoms with E-state index in [9.17, 15) is 18.4 Å². The molecule has 1 aliphatic heterocycles. The van der Waals surface area contributed by atoms with E-state index in [0.29, 0.717) is 30.4 Å². The van der Waals surface area contributed by atoms with E-state index in [1.165, 1.54) is 0 Å². The van der Waals surface area contributed by atoms with Crippen LogP contribution in [0.1, 0.15) is 22.3 Å². The van der Waals surface area contributed by atoms with Crippen LogP contribution in [0.15, 0.2) is 42.5 Å². The first-order chi connectivity index (χ1) is 13.0. The Labute approximate surface area is 156 Å². The van der Waals surface area contributed by atoms with Gasteiger partial charge in [-0.1, -0.05) is 18.2 Å². The van der Waals surface area contributed by atoms with Crippen LogP contribution >= 0.6 is 0 Å². The number of rotatable bonds is 4. The summed E-state index contributed by atoms with van der Waals surface area (Å²) in [5.74, 6) is -2.29. The van der Waals surface area contributed by atoms with Crippen molar-refractivity contribution in [1.29, 1.82) is 0 Å². The zero-order valence-corrected chi connectivity index (χ0v) is 14.8. The molecule has 0 atom stereocenters. The summed E-state index contributed by atoms with van der Waals surface area (Å²) in [7, 11) is 0. The summed E-state index contributed by atoms with van der Waals surface area (Å²) >= 11 is 0. The molecule has 5 nitrogen and oxygen atoms in total. The van der Waals surface area contributed by atoms with E-state index in [4.69, 9.17) is 0 Å². The molecule has 0 unspecified atom stereocenters. The van der Waals surface area contributed by atoms with Gasteiger partial charge in [-0.2, -0.15) is 0 Å². The maximum Gasteiger partial charge on any atom is 0.255 e. The van der Waals surface area contributed by atoms with Crippen molar-refractivity contribution >= 4 is 17.5 Å². The number of hydrogen-bond donors (Lipinski definition) is 2. The first-order valence-electron chi connectivity index (χ1n) is 8.87. The van der Waals surface area contributed by atoms with Crippen LogP contribution in [0.25, 0.3) is 0 Å². The molecule has 0 spiro atoms. The zero-order valence-electron chi connectivity index (χ0n) is 14.8. The maximum atomic E-state index is 13.3. The van der Waals surface area contributed by atoms with Gasteiger partial charge >= 0.3 is 0 Å². The van der Waals surface area contributed by atoms with Gasteiger partial charge in [0.05, 0.1) is 6.42 Å². The summed E-state index contributed by atoms with van der Waals surface area (Å²) in [6.45, 7) is 2.99. The summed E-state index contributed by atoms with van der Waals surface area (Å²) in [4.78, 5) is 26.8. The fourth-order valence-electron chi connectivity index (χ4n) is 3.05. The van der Waals surface area contributed by atoms with Gasteiger partial charge in [0.25, 0.3) is 5.91 Å². The van der Waals surface area contributed by atoms with E-state index < -0.39 is 17.5 Å². The van der Waals surface area contributed by atoms with Crippen molar-refractivity contribution in [3.63, 3.8) is 0 Å². The second-order valence-corrected chi connectivity index (χ2v) is 6.43. The van der Waals surface area contributed by atoms with Crippen molar-refractivity contribution in [2.75, 3.05) is 31.5 Å². The Morgan fingerprint density at radius 1 is 1.04 bits per heavy atom. The van der Waals surface area contributed by atoms with Crippen molar-refractivity contribution < 1.29 is 18.4 Å². The van der Waals surface area contributed by atoms with Gasteiger partial charge in [0.2, 0.25) is 5.91 Å². The highest BCUT2D eigenvalue weighted by Crippen LogP contribution is 2.19. The predicted molar refractivity (Wildman–Crippen MR) is 98.5 cm³/mol. The highest BCUT2D eigenvalue weighted by atomic mass is 19.1. The summed E-state index contributed by atoms with van der Waals surface area (Å²) in [5.41, 5.74) is 0.991. The molecule has 2 amide bonds. The monoisotopic (exact) mass is 373 g/mol. The van der Waals surface area contributed by atoms with Crippen LogP contribution in [0.3, 0.4) is 0 Å². The molecule has 0 aromatic heterocycles. The summed E-state index contributed by atoms with van der Waals surface area (Å²) in [6.07, 6.45) is 1.04. The Morgan fingerprint density at radius 3 is 2.56 bits per heavy atom. The minimum absolute atomic E-state index is 0.0165. The minimum atomic E-state index is -0.821. The average molecular weight is 373 g/mol. The normalized spacial score (nSPS) is 14.5. The van der Waals surface area contributed by atoms with E-state index in [1.807, 2.05) is 0 Å². The number of hydrogen-bond acceptors (Lipinski definition) is 3. The Kier molecular flexibility index (Phi) is 6.13. The molecule has 0 bridgehead atoms. The number of benzene rings is 2. The number of para-hydroxylation sites is 1. The van der Waals surface area contributed by atoms with E-state index in [1.54, 1.807) is 29.2 Å². The molecule has 142 valence electrons. The molecule has 2 aromatic rings. The molecular formula is C20H21F2N3O2. The lowest BCUT2D eigenvalue weighted by Gasteiger charge is -2.21. The molecule has 1 heterocycles. The summed E-state index contributed by atoms with van der Waals surface area (Å²) in [5, 5.41) is 5.90. The number of nitrogens with zero attached hydrogens (tertiary/aromatic N) is 1. The second-order valence-electron chi connectivity index (χ2n) is 6.43. The average Bonchev–Trinajstić information content (AvgIpc) is 2.92. The van der Waals surface area contributed by atoms with Gasteiger partial charge < -0.3 is 15.5 Å². The van der Waals surface area contributed by atoms with Crippen LogP contribution in [0.4, 0.5) is 14.5 Å². The highest BCUT2D eigenvalue weighted by Gasteiger charge is 2.18. The Hall–Kier alpha value is -2.80. The fourth-order valence-corrected chi connectivity index (χ4v) is 3.05. The molecule has 3 rings (SSSR count). The number of anilines is 1. The number of carbonyl (C=O) groups is 2. The summed E-state index contributed by atoms with van der Waals surface area (Å²) < 4.78 is 26.7. The lowest BCUT2D eigenvalue weighted by molar-refractivity contribution is -0.130. The van der Waals surface area contributed by atoms with Crippen LogP contribution < -0.4 is 10.6 Å². The predicted octanol–water partition coefficient (Wildman–Crippen LogP) is 2.58. The zero-order chi connectivity index (χ0) is 19.2. The van der Waals surface area contributed by atoms with E-state index >= 15 is 0 Å². The van der Waals surface area contributed by atoms with Crippen molar-refractivity contribution in [3.05, 3.63) is 65.2 Å². The third-order valence-electron chi connectivity index (χ3n) is 4.42. The first-order valence-corrected chi connectivity index (χ1v) is 8.87. The van der Waals surface area contributed by atoms with Gasteiger partial charge in [-0.25, -0.2) is 8.78 Å². The highest BCUT2D eigenvalue weighted by molar-refractivity contribution is 6.05. The smallest absolute Gasteiger partial charge is 0.255 e. The topological polar surface area (TPSA) is 61.4 Å². The van der Waals surface area contributed by atoms with Crippen LogP contribution in [0.2, 0.25) is 0 Å². The van der Waals surface area contributed by atoms with E-state index in [0.717, 1.165) is 31.6 Å². The van der Waals surface area contributed by atoms with E-state index in [2.05, 4.69) is 10.6 Å². The van der Waals surface area contributed by atoms with Gasteiger partial charge in [-0.15, -0.1) is 0 Å². The Bertz CT molecular complexity index is 813. The molecule has 0 radical (unpaired) electrons. The molecule has 0 aliphatic carbocycles. The third kappa shape index (κ3) is 5.10. The molecule has 7 heteroatoms. The van der Waals surface area contributed by atoms with Crippen molar-refractivity contribution in [2.45, 2.75) is 12.8 Å². The number of amides is 2. The Balaban J connectivity index is 1.73. The van der Waals surface area contributed by atoms with Crippen LogP contribution in [-0.2, 0) is 11.2 Å². The maximum absolute atomic E-state index is 13.3. The molecule has 27 heavy (non-hydrogen) atoms. The fraction of sp³-hybridized carbons (Fsp3) is 0.300. The van der Waals surface area contributed by atoms with Gasteiger partial charge in [-0.05, 0) is 36.7 Å². The van der Waals surface area contributed by atoms with Gasteiger partial charge in [0.1, 0.15) is 11.6 Å². The van der Waals surface area contributed by atoms with Gasteiger partial charge in [0.15, 0.2) is 0 Å². The molecule has 0 saturated carbocycles. The lowest BCUT2D eigenvalue weighted by atomic mass is 10.1. The number of halogens is 2. The van der Waals surface area contributed by atoms with Gasteiger partial charge in [-0.3, -0.25) is 9.59 Å². The van der Waals surface area contributed by atoms with E-state index in [-0.39, 0.29) is 17.9 Å². The lowest BCUT2D eigenvalue weighted by Crippen LogP contribution is -2.35. The van der Waals surface area contributed by atoms with Crippen LogP contribution in [0.5, 0.6) is 0 Å². The first kappa shape index (κ1) is 19.0. The SMILES string of the molecule is O=C(Nc1ccccc1CC(=O)N1CCCNCC1)c1cc(F)cc(F)c1. The molecule has 1 saturated heterocycles. The quantitative estimate of drug-likeness (QED) is 0.866. The molecule has 1 fully saturated rings. The van der Waals surface area contributed by atoms with Crippen molar-refractivity contribution in [1.82, 2.24) is 10.2 Å². The standard InChI is InChI=1S/C20H21F2N3O2/c21-16-10-15(11-17(22)13-16)20(27)24-18-5-2-1-4-14(18)12-19(26)25-8-3-6-23-7-9-25/h1-2,4-5,10-11,13,23H,3,6-9,12H2,(H,24,27). The van der Waals surface area contributed by atoms with Gasteiger partial charge in [0, 0.05) is 37.0 Å². The molecular weight excluding hydrogens is 352 g/mol. The van der Waals surface area contributed by atoms with Crippen LogP contribution in [0, 0.1) is 11.6 Å². The molecule has 2 N–H and O–H groups in total. The number of carbonyl (C=O) groups excluding carboxylic acids is 2. The molecule has 2 aromatic carbocycles. The Morgan fingerprint density at radius 2 is 1.78 bits per heavy atom.